The Bertz CT molecular complexity index is 925. The predicted molar refractivity (Wildman–Crippen MR) is 105 cm³/mol. The molecule has 0 bridgehead atoms. The fraction of sp³-hybridized carbons (Fsp3) is 0.368. The molecule has 2 fully saturated rings. The first-order chi connectivity index (χ1) is 13.4. The van der Waals surface area contributed by atoms with Gasteiger partial charge in [0.05, 0.1) is 11.0 Å². The van der Waals surface area contributed by atoms with Crippen LogP contribution in [-0.4, -0.2) is 40.4 Å². The lowest BCUT2D eigenvalue weighted by molar-refractivity contribution is -0.385. The summed E-state index contributed by atoms with van der Waals surface area (Å²) in [4.78, 5) is 10.9. The highest BCUT2D eigenvalue weighted by Crippen LogP contribution is 2.63. The molecule has 2 aliphatic heterocycles. The molecular formula is C19H22N3O5P. The number of hydrogen-bond donors (Lipinski definition) is 0. The molecule has 2 saturated heterocycles. The summed E-state index contributed by atoms with van der Waals surface area (Å²) in [7, 11) is -2.99. The second-order valence-electron chi connectivity index (χ2n) is 7.04. The molecule has 2 heterocycles. The molecule has 148 valence electrons. The molecule has 2 aromatic rings. The number of nitro benzene ring substituents is 1. The average Bonchev–Trinajstić information content (AvgIpc) is 3.55. The van der Waals surface area contributed by atoms with E-state index in [4.69, 9.17) is 9.26 Å². The third kappa shape index (κ3) is 3.95. The number of benzene rings is 2. The average molecular weight is 403 g/mol. The van der Waals surface area contributed by atoms with E-state index in [0.29, 0.717) is 11.3 Å². The van der Waals surface area contributed by atoms with Gasteiger partial charge in [0.25, 0.3) is 0 Å². The van der Waals surface area contributed by atoms with Crippen LogP contribution in [0.1, 0.15) is 24.2 Å². The normalized spacial score (nSPS) is 17.9. The van der Waals surface area contributed by atoms with Gasteiger partial charge in [0.2, 0.25) is 5.75 Å². The van der Waals surface area contributed by atoms with Gasteiger partial charge in [-0.25, -0.2) is 9.34 Å². The summed E-state index contributed by atoms with van der Waals surface area (Å²) in [5.41, 5.74) is 1.62. The minimum atomic E-state index is -2.99. The minimum absolute atomic E-state index is 0.128. The molecule has 0 saturated carbocycles. The third-order valence-corrected chi connectivity index (χ3v) is 7.58. The highest BCUT2D eigenvalue weighted by atomic mass is 31.2. The number of ether oxygens (including phenoxy) is 1. The zero-order valence-corrected chi connectivity index (χ0v) is 16.7. The van der Waals surface area contributed by atoms with E-state index in [-0.39, 0.29) is 11.4 Å². The Balaban J connectivity index is 1.59. The van der Waals surface area contributed by atoms with Gasteiger partial charge < -0.3 is 4.74 Å². The van der Waals surface area contributed by atoms with Crippen LogP contribution in [0.4, 0.5) is 5.69 Å². The Kier molecular flexibility index (Phi) is 4.97. The summed E-state index contributed by atoms with van der Waals surface area (Å²) in [5, 5.41) is 11.4. The van der Waals surface area contributed by atoms with Crippen molar-refractivity contribution in [2.24, 2.45) is 0 Å². The van der Waals surface area contributed by atoms with Crippen LogP contribution < -0.4 is 4.74 Å². The number of rotatable bonds is 8. The molecule has 0 amide bonds. The minimum Gasteiger partial charge on any atom is -0.450 e. The molecule has 1 atom stereocenters. The molecule has 2 aliphatic rings. The number of hydrogen-bond acceptors (Lipinski definition) is 5. The van der Waals surface area contributed by atoms with Gasteiger partial charge in [-0.2, -0.15) is 0 Å². The van der Waals surface area contributed by atoms with Crippen molar-refractivity contribution in [1.82, 2.24) is 9.34 Å². The Hall–Kier alpha value is -2.25. The molecule has 8 nitrogen and oxygen atoms in total. The van der Waals surface area contributed by atoms with Crippen LogP contribution in [0, 0.1) is 17.0 Å². The van der Waals surface area contributed by atoms with Crippen molar-refractivity contribution in [3.05, 3.63) is 63.7 Å². The summed E-state index contributed by atoms with van der Waals surface area (Å²) < 4.78 is 28.6. The van der Waals surface area contributed by atoms with Gasteiger partial charge in [-0.15, -0.1) is 0 Å². The standard InChI is InChI=1S/C19H22N3O5P/c1-14-3-6-17(7-4-14)26-19-13-16(5-8-18(19)22(23)24)15(2)27-28(25,20-9-10-20)21-11-12-21/h3-8,13,15H,9-12H2,1-2H3. The van der Waals surface area contributed by atoms with Crippen LogP contribution in [0.2, 0.25) is 0 Å². The van der Waals surface area contributed by atoms with Gasteiger partial charge in [-0.1, -0.05) is 17.7 Å². The van der Waals surface area contributed by atoms with Crippen LogP contribution in [0.15, 0.2) is 42.5 Å². The maximum absolute atomic E-state index is 13.2. The molecular weight excluding hydrogens is 381 g/mol. The maximum Gasteiger partial charge on any atom is 0.346 e. The van der Waals surface area contributed by atoms with Gasteiger partial charge in [0.15, 0.2) is 0 Å². The van der Waals surface area contributed by atoms with Crippen molar-refractivity contribution in [3.63, 3.8) is 0 Å². The Morgan fingerprint density at radius 1 is 1.07 bits per heavy atom. The molecule has 0 N–H and O–H groups in total. The first-order valence-corrected chi connectivity index (χ1v) is 10.7. The summed E-state index contributed by atoms with van der Waals surface area (Å²) >= 11 is 0. The molecule has 2 aromatic carbocycles. The summed E-state index contributed by atoms with van der Waals surface area (Å²) in [6.07, 6.45) is -0.492. The third-order valence-electron chi connectivity index (χ3n) is 4.76. The maximum atomic E-state index is 13.2. The summed E-state index contributed by atoms with van der Waals surface area (Å²) in [6, 6.07) is 11.9. The lowest BCUT2D eigenvalue weighted by Crippen LogP contribution is -2.10. The molecule has 0 aliphatic carbocycles. The highest BCUT2D eigenvalue weighted by Gasteiger charge is 2.50. The van der Waals surface area contributed by atoms with Gasteiger partial charge in [-0.05, 0) is 43.7 Å². The summed E-state index contributed by atoms with van der Waals surface area (Å²) in [5.74, 6) is 0.647. The monoisotopic (exact) mass is 403 g/mol. The second kappa shape index (κ2) is 7.29. The quantitative estimate of drug-likeness (QED) is 0.277. The Morgan fingerprint density at radius 2 is 1.68 bits per heavy atom. The number of nitro groups is 1. The fourth-order valence-electron chi connectivity index (χ4n) is 2.92. The molecule has 0 radical (unpaired) electrons. The number of aryl methyl sites for hydroxylation is 1. The zero-order chi connectivity index (χ0) is 19.9. The van der Waals surface area contributed by atoms with Crippen molar-refractivity contribution in [3.8, 4) is 11.5 Å². The smallest absolute Gasteiger partial charge is 0.346 e. The van der Waals surface area contributed by atoms with Crippen molar-refractivity contribution in [1.29, 1.82) is 0 Å². The van der Waals surface area contributed by atoms with Crippen LogP contribution >= 0.6 is 7.67 Å². The lowest BCUT2D eigenvalue weighted by atomic mass is 10.1. The largest absolute Gasteiger partial charge is 0.450 e. The van der Waals surface area contributed by atoms with Crippen molar-refractivity contribution in [2.75, 3.05) is 26.2 Å². The van der Waals surface area contributed by atoms with Crippen molar-refractivity contribution >= 4 is 13.4 Å². The SMILES string of the molecule is Cc1ccc(Oc2cc(C(C)OP(=O)(N3CC3)N3CC3)ccc2[N+](=O)[O-])cc1. The van der Waals surface area contributed by atoms with Crippen molar-refractivity contribution in [2.45, 2.75) is 20.0 Å². The fourth-order valence-corrected chi connectivity index (χ4v) is 5.27. The molecule has 4 rings (SSSR count). The topological polar surface area (TPSA) is 84.7 Å². The van der Waals surface area contributed by atoms with Crippen LogP contribution in [0.3, 0.4) is 0 Å². The Labute approximate surface area is 163 Å². The van der Waals surface area contributed by atoms with E-state index in [1.54, 1.807) is 31.2 Å². The zero-order valence-electron chi connectivity index (χ0n) is 15.8. The van der Waals surface area contributed by atoms with Gasteiger partial charge in [0.1, 0.15) is 5.75 Å². The van der Waals surface area contributed by atoms with E-state index < -0.39 is 18.7 Å². The second-order valence-corrected chi connectivity index (χ2v) is 9.37. The highest BCUT2D eigenvalue weighted by molar-refractivity contribution is 7.54. The van der Waals surface area contributed by atoms with Crippen molar-refractivity contribution < 1.29 is 18.7 Å². The van der Waals surface area contributed by atoms with E-state index in [0.717, 1.165) is 31.7 Å². The van der Waals surface area contributed by atoms with E-state index >= 15 is 0 Å². The van der Waals surface area contributed by atoms with E-state index in [1.165, 1.54) is 6.07 Å². The molecule has 28 heavy (non-hydrogen) atoms. The van der Waals surface area contributed by atoms with Gasteiger partial charge >= 0.3 is 13.4 Å². The number of nitrogens with zero attached hydrogens (tertiary/aromatic N) is 3. The Morgan fingerprint density at radius 3 is 2.21 bits per heavy atom. The van der Waals surface area contributed by atoms with E-state index in [1.807, 2.05) is 28.4 Å². The first-order valence-electron chi connectivity index (χ1n) is 9.19. The molecule has 0 aromatic heterocycles. The van der Waals surface area contributed by atoms with E-state index in [2.05, 4.69) is 0 Å². The van der Waals surface area contributed by atoms with Crippen LogP contribution in [0.5, 0.6) is 11.5 Å². The molecule has 0 spiro atoms. The molecule has 9 heteroatoms. The molecule has 1 unspecified atom stereocenters. The van der Waals surface area contributed by atoms with Gasteiger partial charge in [0, 0.05) is 32.2 Å². The summed E-state index contributed by atoms with van der Waals surface area (Å²) in [6.45, 7) is 6.82. The van der Waals surface area contributed by atoms with Crippen LogP contribution in [-0.2, 0) is 9.09 Å². The van der Waals surface area contributed by atoms with E-state index in [9.17, 15) is 14.7 Å². The lowest BCUT2D eigenvalue weighted by Gasteiger charge is -2.24. The predicted octanol–water partition coefficient (Wildman–Crippen LogP) is 4.51. The first kappa shape index (κ1) is 19.1. The van der Waals surface area contributed by atoms with Crippen LogP contribution in [0.25, 0.3) is 0 Å². The van der Waals surface area contributed by atoms with Gasteiger partial charge in [-0.3, -0.25) is 19.2 Å².